The molecule has 12 nitrogen and oxygen atoms in total. The average molecular weight is 681 g/mol. The molecule has 0 unspecified atom stereocenters. The van der Waals surface area contributed by atoms with Crippen molar-refractivity contribution in [3.05, 3.63) is 59.0 Å². The van der Waals surface area contributed by atoms with E-state index in [2.05, 4.69) is 25.6 Å². The van der Waals surface area contributed by atoms with Gasteiger partial charge >= 0.3 is 36.4 Å². The zero-order valence-electron chi connectivity index (χ0n) is 21.7. The second-order valence-corrected chi connectivity index (χ2v) is 8.45. The Morgan fingerprint density at radius 1 is 0.756 bits per heavy atom. The minimum absolute atomic E-state index is 0.445. The fraction of sp³-hybridized carbons (Fsp3) is 0.217. The Hall–Kier alpha value is -5.08. The van der Waals surface area contributed by atoms with Crippen molar-refractivity contribution in [3.8, 4) is 0 Å². The van der Waals surface area contributed by atoms with Crippen molar-refractivity contribution in [2.75, 3.05) is 16.4 Å². The summed E-state index contributed by atoms with van der Waals surface area (Å²) in [6.07, 6.45) is -8.42. The van der Waals surface area contributed by atoms with Crippen LogP contribution >= 0.6 is 11.6 Å². The standard InChI is InChI=1S/C17H15ClN6.3C2HF3O2/c18-14-9-21-17-23-13-5-10(7-20-8-13)1-2-11-6-12(3-4-15(11)19)22-16(14)24-17;3*3-2(4,5)1(6)7/h3-9H,1-2,19H2,(H2,21,22,23,24);3*(H,6,7). The summed E-state index contributed by atoms with van der Waals surface area (Å²) < 4.78 is 95.2. The maximum Gasteiger partial charge on any atom is 0.490 e. The second-order valence-electron chi connectivity index (χ2n) is 8.04. The van der Waals surface area contributed by atoms with Gasteiger partial charge in [-0.25, -0.2) is 19.4 Å². The predicted molar refractivity (Wildman–Crippen MR) is 137 cm³/mol. The Morgan fingerprint density at radius 3 is 1.76 bits per heavy atom. The molecule has 0 atom stereocenters. The highest BCUT2D eigenvalue weighted by molar-refractivity contribution is 6.32. The number of fused-ring (bicyclic) bond motifs is 6. The van der Waals surface area contributed by atoms with Crippen LogP contribution in [0, 0.1) is 0 Å². The smallest absolute Gasteiger partial charge is 0.475 e. The molecule has 0 spiro atoms. The Balaban J connectivity index is 0.000000396. The number of nitrogens with one attached hydrogen (secondary N) is 2. The van der Waals surface area contributed by atoms with E-state index in [1.54, 1.807) is 12.4 Å². The van der Waals surface area contributed by atoms with Gasteiger partial charge in [0.1, 0.15) is 5.02 Å². The van der Waals surface area contributed by atoms with E-state index in [1.165, 1.54) is 0 Å². The van der Waals surface area contributed by atoms with Crippen LogP contribution in [0.15, 0.2) is 42.9 Å². The molecule has 3 heterocycles. The number of nitrogens with zero attached hydrogens (tertiary/aromatic N) is 3. The molecule has 0 amide bonds. The van der Waals surface area contributed by atoms with Gasteiger partial charge < -0.3 is 31.7 Å². The molecular weight excluding hydrogens is 663 g/mol. The number of carboxylic acid groups (broad SMARTS) is 3. The normalized spacial score (nSPS) is 12.1. The summed E-state index contributed by atoms with van der Waals surface area (Å²) in [7, 11) is 0. The van der Waals surface area contributed by atoms with Gasteiger partial charge in [-0.3, -0.25) is 4.98 Å². The number of anilines is 5. The summed E-state index contributed by atoms with van der Waals surface area (Å²) in [6, 6.07) is 7.86. The van der Waals surface area contributed by atoms with Crippen LogP contribution in [0.5, 0.6) is 0 Å². The average Bonchev–Trinajstić information content (AvgIpc) is 2.90. The van der Waals surface area contributed by atoms with E-state index >= 15 is 0 Å². The molecule has 4 rings (SSSR count). The number of aliphatic carboxylic acids is 3. The van der Waals surface area contributed by atoms with E-state index < -0.39 is 36.4 Å². The van der Waals surface area contributed by atoms with Crippen molar-refractivity contribution in [1.82, 2.24) is 15.0 Å². The number of nitrogens with two attached hydrogens (primary N) is 1. The lowest BCUT2D eigenvalue weighted by Gasteiger charge is -2.11. The van der Waals surface area contributed by atoms with Gasteiger partial charge in [0, 0.05) is 17.6 Å². The molecule has 1 aliphatic heterocycles. The lowest BCUT2D eigenvalue weighted by atomic mass is 10.0. The third-order valence-corrected chi connectivity index (χ3v) is 4.89. The van der Waals surface area contributed by atoms with Gasteiger partial charge in [-0.2, -0.15) is 44.5 Å². The first-order valence-electron chi connectivity index (χ1n) is 11.3. The molecule has 22 heteroatoms. The summed E-state index contributed by atoms with van der Waals surface area (Å²) in [6.45, 7) is 0. The zero-order chi connectivity index (χ0) is 34.8. The molecule has 0 aliphatic carbocycles. The number of pyridine rings is 1. The molecule has 2 aromatic heterocycles. The number of rotatable bonds is 0. The summed E-state index contributed by atoms with van der Waals surface area (Å²) >= 11 is 6.21. The highest BCUT2D eigenvalue weighted by Crippen LogP contribution is 2.28. The second kappa shape index (κ2) is 15.6. The van der Waals surface area contributed by atoms with E-state index in [0.717, 1.165) is 41.0 Å². The maximum atomic E-state index is 10.6. The Bertz CT molecular complexity index is 1450. The molecule has 0 radical (unpaired) electrons. The quantitative estimate of drug-likeness (QED) is 0.127. The minimum Gasteiger partial charge on any atom is -0.475 e. The number of halogens is 10. The molecule has 45 heavy (non-hydrogen) atoms. The molecule has 1 aromatic carbocycles. The van der Waals surface area contributed by atoms with E-state index in [-0.39, 0.29) is 0 Å². The van der Waals surface area contributed by atoms with Gasteiger partial charge in [-0.15, -0.1) is 0 Å². The topological polar surface area (TPSA) is 201 Å². The van der Waals surface area contributed by atoms with Crippen LogP contribution < -0.4 is 16.4 Å². The molecule has 0 fully saturated rings. The van der Waals surface area contributed by atoms with Crippen molar-refractivity contribution in [2.24, 2.45) is 0 Å². The fourth-order valence-corrected chi connectivity index (χ4v) is 2.79. The number of hydrogen-bond donors (Lipinski definition) is 6. The van der Waals surface area contributed by atoms with Gasteiger partial charge in [0.05, 0.1) is 18.1 Å². The van der Waals surface area contributed by atoms with Gasteiger partial charge in [0.2, 0.25) is 5.95 Å². The molecule has 246 valence electrons. The van der Waals surface area contributed by atoms with Crippen molar-refractivity contribution in [1.29, 1.82) is 0 Å². The summed E-state index contributed by atoms with van der Waals surface area (Å²) in [5, 5.41) is 28.2. The number of aryl methyl sites for hydroxylation is 2. The number of carboxylic acids is 3. The Labute approximate surface area is 249 Å². The molecule has 7 N–H and O–H groups in total. The van der Waals surface area contributed by atoms with Crippen LogP contribution in [-0.2, 0) is 27.2 Å². The summed E-state index contributed by atoms with van der Waals surface area (Å²) in [5.74, 6) is -7.28. The highest BCUT2D eigenvalue weighted by atomic mass is 35.5. The van der Waals surface area contributed by atoms with Crippen LogP contribution in [0.3, 0.4) is 0 Å². The van der Waals surface area contributed by atoms with Gasteiger partial charge in [0.25, 0.3) is 0 Å². The maximum absolute atomic E-state index is 10.6. The Morgan fingerprint density at radius 2 is 1.27 bits per heavy atom. The predicted octanol–water partition coefficient (Wildman–Crippen LogP) is 5.59. The van der Waals surface area contributed by atoms with Crippen LogP contribution in [0.25, 0.3) is 0 Å². The molecule has 6 bridgehead atoms. The van der Waals surface area contributed by atoms with Crippen molar-refractivity contribution >= 4 is 58.3 Å². The number of nitrogen functional groups attached to an aromatic ring is 1. The van der Waals surface area contributed by atoms with Crippen LogP contribution in [0.1, 0.15) is 11.1 Å². The highest BCUT2D eigenvalue weighted by Gasteiger charge is 2.39. The number of alkyl halides is 9. The molecular formula is C23H18ClF9N6O6. The summed E-state index contributed by atoms with van der Waals surface area (Å²) in [4.78, 5) is 39.6. The van der Waals surface area contributed by atoms with Crippen molar-refractivity contribution < 1.29 is 69.2 Å². The minimum atomic E-state index is -5.08. The van der Waals surface area contributed by atoms with Crippen LogP contribution in [0.2, 0.25) is 5.02 Å². The lowest BCUT2D eigenvalue weighted by Crippen LogP contribution is -2.21. The zero-order valence-corrected chi connectivity index (χ0v) is 22.5. The largest absolute Gasteiger partial charge is 0.490 e. The first kappa shape index (κ1) is 37.9. The number of aromatic nitrogens is 3. The summed E-state index contributed by atoms with van der Waals surface area (Å²) in [5.41, 5.74) is 10.8. The molecule has 3 aromatic rings. The lowest BCUT2D eigenvalue weighted by molar-refractivity contribution is -0.193. The van der Waals surface area contributed by atoms with Gasteiger partial charge in [-0.1, -0.05) is 11.6 Å². The first-order valence-corrected chi connectivity index (χ1v) is 11.7. The van der Waals surface area contributed by atoms with Crippen LogP contribution in [0.4, 0.5) is 68.3 Å². The monoisotopic (exact) mass is 680 g/mol. The van der Waals surface area contributed by atoms with Gasteiger partial charge in [0.15, 0.2) is 5.82 Å². The van der Waals surface area contributed by atoms with Crippen molar-refractivity contribution in [3.63, 3.8) is 0 Å². The third kappa shape index (κ3) is 13.8. The number of benzene rings is 1. The first-order chi connectivity index (χ1) is 20.5. The van der Waals surface area contributed by atoms with E-state index in [4.69, 9.17) is 47.0 Å². The number of carbonyl (C=O) groups is 3. The molecule has 0 saturated carbocycles. The molecule has 1 aliphatic rings. The molecule has 0 saturated heterocycles. The SMILES string of the molecule is Nc1ccc2cc1CCc1cncc(c1)Nc1ncc(Cl)c(n1)N2.O=C(O)C(F)(F)F.O=C(O)C(F)(F)F.O=C(O)C(F)(F)F. The van der Waals surface area contributed by atoms with Crippen molar-refractivity contribution in [2.45, 2.75) is 31.4 Å². The van der Waals surface area contributed by atoms with E-state index in [1.807, 2.05) is 30.5 Å². The van der Waals surface area contributed by atoms with E-state index in [9.17, 15) is 39.5 Å². The van der Waals surface area contributed by atoms with Crippen LogP contribution in [-0.4, -0.2) is 66.7 Å². The van der Waals surface area contributed by atoms with E-state index in [0.29, 0.717) is 16.8 Å². The van der Waals surface area contributed by atoms with Gasteiger partial charge in [-0.05, 0) is 48.2 Å². The Kier molecular flexibility index (Phi) is 13.1. The third-order valence-electron chi connectivity index (χ3n) is 4.61. The number of hydrogen-bond acceptors (Lipinski definition) is 9. The fourth-order valence-electron chi connectivity index (χ4n) is 2.65.